The van der Waals surface area contributed by atoms with E-state index in [4.69, 9.17) is 35.3 Å². The third kappa shape index (κ3) is 1.99. The lowest BCUT2D eigenvalue weighted by Crippen LogP contribution is -2.56. The molecule has 0 amide bonds. The lowest BCUT2D eigenvalue weighted by atomic mass is 10.0. The third-order valence-corrected chi connectivity index (χ3v) is 3.43. The highest BCUT2D eigenvalue weighted by atomic mass is 35.5. The van der Waals surface area contributed by atoms with Crippen molar-refractivity contribution >= 4 is 11.6 Å². The Labute approximate surface area is 111 Å². The number of hydrogen-bond acceptors (Lipinski definition) is 5. The average Bonchev–Trinajstić information content (AvgIpc) is 2.56. The maximum Gasteiger partial charge on any atom is 0.229 e. The summed E-state index contributed by atoms with van der Waals surface area (Å²) in [7, 11) is 0. The minimum Gasteiger partial charge on any atom is -0.472 e. The zero-order chi connectivity index (χ0) is 13.1. The predicted molar refractivity (Wildman–Crippen MR) is 62.7 cm³/mol. The quantitative estimate of drug-likeness (QED) is 0.678. The second-order valence-electron chi connectivity index (χ2n) is 5.63. The molecule has 0 unspecified atom stereocenters. The van der Waals surface area contributed by atoms with Crippen LogP contribution in [0.3, 0.4) is 0 Å². The van der Waals surface area contributed by atoms with E-state index in [1.165, 1.54) is 0 Å². The maximum atomic E-state index is 6.08. The molecule has 3 aliphatic rings. The van der Waals surface area contributed by atoms with Gasteiger partial charge in [0, 0.05) is 13.8 Å². The summed E-state index contributed by atoms with van der Waals surface area (Å²) in [6, 6.07) is 0. The van der Waals surface area contributed by atoms with Crippen molar-refractivity contribution in [2.75, 3.05) is 6.61 Å². The summed E-state index contributed by atoms with van der Waals surface area (Å²) in [6.07, 6.45) is -0.876. The van der Waals surface area contributed by atoms with Gasteiger partial charge in [-0.2, -0.15) is 0 Å². The van der Waals surface area contributed by atoms with Crippen LogP contribution >= 0.6 is 11.6 Å². The molecule has 0 bridgehead atoms. The predicted octanol–water partition coefficient (Wildman–Crippen LogP) is 2.10. The van der Waals surface area contributed by atoms with Gasteiger partial charge >= 0.3 is 0 Å². The minimum atomic E-state index is -0.718. The molecule has 6 heteroatoms. The van der Waals surface area contributed by atoms with Crippen LogP contribution in [0.1, 0.15) is 27.7 Å². The van der Waals surface area contributed by atoms with E-state index in [0.717, 1.165) is 0 Å². The number of rotatable bonds is 0. The zero-order valence-electron chi connectivity index (χ0n) is 10.9. The van der Waals surface area contributed by atoms with E-state index in [-0.39, 0.29) is 23.5 Å². The van der Waals surface area contributed by atoms with E-state index in [9.17, 15) is 0 Å². The summed E-state index contributed by atoms with van der Waals surface area (Å²) < 4.78 is 28.6. The Balaban J connectivity index is 1.92. The fourth-order valence-electron chi connectivity index (χ4n) is 2.44. The molecule has 3 heterocycles. The molecule has 0 aromatic carbocycles. The molecule has 0 aromatic heterocycles. The standard InChI is InChI=1S/C12H17ClO5/c1-11(2)14-5-6-7(16-11)8-9(10(13)15-6)18-12(3,4)17-8/h6-8H,5H2,1-4H3/t6-,7-,8-/m1/s1. The highest BCUT2D eigenvalue weighted by Crippen LogP contribution is 2.44. The normalized spacial score (nSPS) is 40.6. The van der Waals surface area contributed by atoms with Gasteiger partial charge in [-0.05, 0) is 25.4 Å². The largest absolute Gasteiger partial charge is 0.472 e. The SMILES string of the molecule is CC1(C)OC[C@H]2OC(Cl)=C3OC(C)(C)O[C@@H]3[C@@H]2O1. The molecule has 0 saturated carbocycles. The second kappa shape index (κ2) is 3.76. The molecule has 5 nitrogen and oxygen atoms in total. The zero-order valence-corrected chi connectivity index (χ0v) is 11.6. The summed E-state index contributed by atoms with van der Waals surface area (Å²) in [5.74, 6) is -0.861. The highest BCUT2D eigenvalue weighted by Gasteiger charge is 2.54. The minimum absolute atomic E-state index is 0.235. The molecule has 0 N–H and O–H groups in total. The van der Waals surface area contributed by atoms with Gasteiger partial charge in [0.2, 0.25) is 11.0 Å². The van der Waals surface area contributed by atoms with Crippen molar-refractivity contribution in [3.63, 3.8) is 0 Å². The number of ether oxygens (including phenoxy) is 5. The number of hydrogen-bond donors (Lipinski definition) is 0. The van der Waals surface area contributed by atoms with E-state index in [2.05, 4.69) is 0 Å². The van der Waals surface area contributed by atoms with Gasteiger partial charge in [-0.15, -0.1) is 0 Å². The molecule has 3 rings (SSSR count). The molecule has 0 aliphatic carbocycles. The van der Waals surface area contributed by atoms with Crippen LogP contribution in [0.15, 0.2) is 11.0 Å². The van der Waals surface area contributed by atoms with Crippen molar-refractivity contribution in [3.8, 4) is 0 Å². The molecule has 2 fully saturated rings. The Morgan fingerprint density at radius 2 is 1.83 bits per heavy atom. The first kappa shape index (κ1) is 12.5. The second-order valence-corrected chi connectivity index (χ2v) is 5.97. The van der Waals surface area contributed by atoms with Crippen molar-refractivity contribution in [1.29, 1.82) is 0 Å². The Kier molecular flexibility index (Phi) is 2.62. The van der Waals surface area contributed by atoms with Crippen molar-refractivity contribution < 1.29 is 23.7 Å². The number of fused-ring (bicyclic) bond motifs is 3. The Bertz CT molecular complexity index is 403. The highest BCUT2D eigenvalue weighted by molar-refractivity contribution is 6.28. The topological polar surface area (TPSA) is 46.2 Å². The summed E-state index contributed by atoms with van der Waals surface area (Å²) in [6.45, 7) is 7.82. The summed E-state index contributed by atoms with van der Waals surface area (Å²) in [5.41, 5.74) is 0. The molecule has 3 aliphatic heterocycles. The van der Waals surface area contributed by atoms with Crippen molar-refractivity contribution in [2.24, 2.45) is 0 Å². The first-order valence-electron chi connectivity index (χ1n) is 6.02. The van der Waals surface area contributed by atoms with Gasteiger partial charge in [-0.3, -0.25) is 0 Å². The van der Waals surface area contributed by atoms with Crippen LogP contribution in [-0.2, 0) is 23.7 Å². The Morgan fingerprint density at radius 1 is 1.11 bits per heavy atom. The van der Waals surface area contributed by atoms with Gasteiger partial charge in [-0.1, -0.05) is 0 Å². The van der Waals surface area contributed by atoms with Crippen molar-refractivity contribution in [2.45, 2.75) is 57.6 Å². The van der Waals surface area contributed by atoms with Crippen molar-refractivity contribution in [3.05, 3.63) is 11.0 Å². The van der Waals surface area contributed by atoms with Crippen LogP contribution in [0.2, 0.25) is 0 Å². The van der Waals surface area contributed by atoms with Gasteiger partial charge < -0.3 is 23.7 Å². The fourth-order valence-corrected chi connectivity index (χ4v) is 2.70. The fraction of sp³-hybridized carbons (Fsp3) is 0.833. The van der Waals surface area contributed by atoms with Crippen LogP contribution in [0.5, 0.6) is 0 Å². The third-order valence-electron chi connectivity index (χ3n) is 3.15. The number of halogens is 1. The molecule has 0 aromatic rings. The molecule has 102 valence electrons. The average molecular weight is 277 g/mol. The molecule has 0 radical (unpaired) electrons. The van der Waals surface area contributed by atoms with E-state index >= 15 is 0 Å². The lowest BCUT2D eigenvalue weighted by Gasteiger charge is -2.44. The van der Waals surface area contributed by atoms with E-state index in [1.807, 2.05) is 27.7 Å². The molecule has 3 atom stereocenters. The van der Waals surface area contributed by atoms with Crippen LogP contribution in [0, 0.1) is 0 Å². The summed E-state index contributed by atoms with van der Waals surface area (Å²) >= 11 is 6.08. The molecular weight excluding hydrogens is 260 g/mol. The van der Waals surface area contributed by atoms with Gasteiger partial charge in [0.1, 0.15) is 6.10 Å². The first-order valence-corrected chi connectivity index (χ1v) is 6.40. The van der Waals surface area contributed by atoms with Crippen LogP contribution in [0.25, 0.3) is 0 Å². The Hall–Kier alpha value is -0.490. The van der Waals surface area contributed by atoms with Gasteiger partial charge in [0.15, 0.2) is 23.8 Å². The van der Waals surface area contributed by atoms with E-state index in [0.29, 0.717) is 12.4 Å². The molecular formula is C12H17ClO5. The van der Waals surface area contributed by atoms with Gasteiger partial charge in [0.05, 0.1) is 6.61 Å². The van der Waals surface area contributed by atoms with E-state index in [1.54, 1.807) is 0 Å². The van der Waals surface area contributed by atoms with Crippen molar-refractivity contribution in [1.82, 2.24) is 0 Å². The summed E-state index contributed by atoms with van der Waals surface area (Å²) in [4.78, 5) is 0. The Morgan fingerprint density at radius 3 is 2.56 bits per heavy atom. The molecule has 2 saturated heterocycles. The van der Waals surface area contributed by atoms with Crippen LogP contribution < -0.4 is 0 Å². The van der Waals surface area contributed by atoms with Gasteiger partial charge in [0.25, 0.3) is 0 Å². The molecule has 18 heavy (non-hydrogen) atoms. The van der Waals surface area contributed by atoms with Crippen LogP contribution in [-0.4, -0.2) is 36.5 Å². The smallest absolute Gasteiger partial charge is 0.229 e. The first-order chi connectivity index (χ1) is 8.27. The maximum absolute atomic E-state index is 6.08. The van der Waals surface area contributed by atoms with Gasteiger partial charge in [-0.25, -0.2) is 0 Å². The van der Waals surface area contributed by atoms with Crippen LogP contribution in [0.4, 0.5) is 0 Å². The molecule has 0 spiro atoms. The summed E-state index contributed by atoms with van der Waals surface area (Å²) in [5, 5.41) is 0.235. The monoisotopic (exact) mass is 276 g/mol. The lowest BCUT2D eigenvalue weighted by molar-refractivity contribution is -0.324. The van der Waals surface area contributed by atoms with E-state index < -0.39 is 11.6 Å².